The summed E-state index contributed by atoms with van der Waals surface area (Å²) in [6.45, 7) is 5.23. The summed E-state index contributed by atoms with van der Waals surface area (Å²) in [7, 11) is 0. The second-order valence-corrected chi connectivity index (χ2v) is 4.15. The predicted molar refractivity (Wildman–Crippen MR) is 71.6 cm³/mol. The summed E-state index contributed by atoms with van der Waals surface area (Å²) in [6.07, 6.45) is 4.31. The van der Waals surface area contributed by atoms with Gasteiger partial charge in [-0.3, -0.25) is 4.90 Å². The maximum absolute atomic E-state index is 12.0. The average molecular weight is 254 g/mol. The van der Waals surface area contributed by atoms with Crippen molar-refractivity contribution >= 4 is 12.2 Å². The van der Waals surface area contributed by atoms with Gasteiger partial charge in [-0.2, -0.15) is 5.26 Å². The van der Waals surface area contributed by atoms with Gasteiger partial charge in [-0.1, -0.05) is 37.8 Å². The molecule has 1 aliphatic heterocycles. The van der Waals surface area contributed by atoms with Crippen molar-refractivity contribution in [1.82, 2.24) is 4.90 Å². The van der Waals surface area contributed by atoms with Crippen LogP contribution in [0.15, 0.2) is 43.3 Å². The zero-order chi connectivity index (χ0) is 13.9. The molecule has 1 aromatic carbocycles. The number of nitriles is 1. The summed E-state index contributed by atoms with van der Waals surface area (Å²) >= 11 is 0. The minimum Gasteiger partial charge on any atom is -0.419 e. The summed E-state index contributed by atoms with van der Waals surface area (Å²) in [4.78, 5) is 13.3. The van der Waals surface area contributed by atoms with Crippen LogP contribution in [0.25, 0.3) is 6.08 Å². The van der Waals surface area contributed by atoms with Gasteiger partial charge < -0.3 is 4.74 Å². The highest BCUT2D eigenvalue weighted by Gasteiger charge is 2.43. The van der Waals surface area contributed by atoms with Gasteiger partial charge in [0.1, 0.15) is 0 Å². The van der Waals surface area contributed by atoms with Crippen LogP contribution in [0.1, 0.15) is 24.5 Å². The number of hydrogen-bond donors (Lipinski definition) is 0. The normalized spacial score (nSPS) is 20.3. The molecule has 1 atom stereocenters. The number of carbonyl (C=O) groups excluding carboxylic acids is 1. The molecule has 0 spiro atoms. The summed E-state index contributed by atoms with van der Waals surface area (Å²) in [5.74, 6) is 0. The van der Waals surface area contributed by atoms with Crippen molar-refractivity contribution in [1.29, 1.82) is 5.26 Å². The maximum atomic E-state index is 12.0. The number of ether oxygens (including phenoxy) is 1. The van der Waals surface area contributed by atoms with E-state index < -0.39 is 11.6 Å². The third kappa shape index (κ3) is 1.89. The Morgan fingerprint density at radius 1 is 1.58 bits per heavy atom. The van der Waals surface area contributed by atoms with Crippen LogP contribution in [-0.2, 0) is 10.3 Å². The lowest BCUT2D eigenvalue weighted by Gasteiger charge is -2.38. The van der Waals surface area contributed by atoms with Crippen molar-refractivity contribution < 1.29 is 9.53 Å². The zero-order valence-electron chi connectivity index (χ0n) is 10.7. The smallest absolute Gasteiger partial charge is 0.419 e. The largest absolute Gasteiger partial charge is 0.420 e. The summed E-state index contributed by atoms with van der Waals surface area (Å²) in [5, 5.41) is 9.62. The first-order chi connectivity index (χ1) is 9.19. The van der Waals surface area contributed by atoms with Gasteiger partial charge in [-0.15, -0.1) is 0 Å². The molecule has 1 aliphatic rings. The molecule has 0 aliphatic carbocycles. The second kappa shape index (κ2) is 4.99. The average Bonchev–Trinajstić information content (AvgIpc) is 2.46. The van der Waals surface area contributed by atoms with Crippen molar-refractivity contribution in [3.05, 3.63) is 54.4 Å². The van der Waals surface area contributed by atoms with E-state index in [9.17, 15) is 10.1 Å². The molecule has 19 heavy (non-hydrogen) atoms. The lowest BCUT2D eigenvalue weighted by atomic mass is 9.82. The zero-order valence-corrected chi connectivity index (χ0v) is 10.7. The highest BCUT2D eigenvalue weighted by molar-refractivity contribution is 5.76. The number of benzene rings is 1. The van der Waals surface area contributed by atoms with Crippen molar-refractivity contribution in [2.75, 3.05) is 0 Å². The van der Waals surface area contributed by atoms with E-state index in [-0.39, 0.29) is 0 Å². The molecule has 4 heteroatoms. The lowest BCUT2D eigenvalue weighted by Crippen LogP contribution is -2.46. The standard InChI is InChI=1S/C15H14N2O2/c1-3-15(11-16)13-8-6-5-7-12(13)9-10-17(15)14(18)19-4-2/h4-10H,2-3H2,1H3/t15-/m1/s1. The minimum absolute atomic E-state index is 0.469. The Morgan fingerprint density at radius 3 is 2.95 bits per heavy atom. The Hall–Kier alpha value is -2.54. The van der Waals surface area contributed by atoms with Gasteiger partial charge in [0, 0.05) is 6.20 Å². The quantitative estimate of drug-likeness (QED) is 0.760. The SMILES string of the molecule is C=COC(=O)N1C=Cc2ccccc2[C@]1(C#N)CC. The van der Waals surface area contributed by atoms with Crippen LogP contribution in [0.5, 0.6) is 0 Å². The van der Waals surface area contributed by atoms with Crippen LogP contribution >= 0.6 is 0 Å². The van der Waals surface area contributed by atoms with Crippen LogP contribution in [-0.4, -0.2) is 11.0 Å². The molecule has 2 rings (SSSR count). The lowest BCUT2D eigenvalue weighted by molar-refractivity contribution is 0.119. The van der Waals surface area contributed by atoms with E-state index in [1.165, 1.54) is 4.90 Å². The van der Waals surface area contributed by atoms with Crippen molar-refractivity contribution in [3.63, 3.8) is 0 Å². The fraction of sp³-hybridized carbons (Fsp3) is 0.200. The number of carbonyl (C=O) groups is 1. The molecule has 0 fully saturated rings. The molecule has 0 radical (unpaired) electrons. The maximum Gasteiger partial charge on any atom is 0.420 e. The van der Waals surface area contributed by atoms with Crippen LogP contribution in [0.4, 0.5) is 4.79 Å². The molecular weight excluding hydrogens is 240 g/mol. The molecule has 4 nitrogen and oxygen atoms in total. The highest BCUT2D eigenvalue weighted by Crippen LogP contribution is 2.38. The van der Waals surface area contributed by atoms with Gasteiger partial charge in [0.25, 0.3) is 0 Å². The number of fused-ring (bicyclic) bond motifs is 1. The van der Waals surface area contributed by atoms with Gasteiger partial charge in [0.05, 0.1) is 12.3 Å². The number of nitrogens with zero attached hydrogens (tertiary/aromatic N) is 2. The molecule has 0 saturated heterocycles. The van der Waals surface area contributed by atoms with E-state index >= 15 is 0 Å². The fourth-order valence-electron chi connectivity index (χ4n) is 2.33. The Labute approximate surface area is 112 Å². The Balaban J connectivity index is 2.58. The number of amides is 1. The predicted octanol–water partition coefficient (Wildman–Crippen LogP) is 3.38. The fourth-order valence-corrected chi connectivity index (χ4v) is 2.33. The molecule has 1 heterocycles. The van der Waals surface area contributed by atoms with Crippen molar-refractivity contribution in [2.45, 2.75) is 18.9 Å². The highest BCUT2D eigenvalue weighted by atomic mass is 16.5. The molecule has 1 amide bonds. The Kier molecular flexibility index (Phi) is 3.39. The van der Waals surface area contributed by atoms with Crippen LogP contribution in [0.2, 0.25) is 0 Å². The van der Waals surface area contributed by atoms with E-state index in [0.717, 1.165) is 17.4 Å². The molecule has 0 bridgehead atoms. The molecular formula is C15H14N2O2. The van der Waals surface area contributed by atoms with Crippen LogP contribution in [0.3, 0.4) is 0 Å². The van der Waals surface area contributed by atoms with Gasteiger partial charge in [0.15, 0.2) is 5.54 Å². The van der Waals surface area contributed by atoms with E-state index in [1.807, 2.05) is 31.2 Å². The van der Waals surface area contributed by atoms with Crippen molar-refractivity contribution in [3.8, 4) is 6.07 Å². The Morgan fingerprint density at radius 2 is 2.32 bits per heavy atom. The van der Waals surface area contributed by atoms with E-state index in [0.29, 0.717) is 6.42 Å². The molecule has 96 valence electrons. The first kappa shape index (κ1) is 12.9. The first-order valence-electron chi connectivity index (χ1n) is 5.99. The van der Waals surface area contributed by atoms with Crippen molar-refractivity contribution in [2.24, 2.45) is 0 Å². The molecule has 0 aromatic heterocycles. The second-order valence-electron chi connectivity index (χ2n) is 4.15. The summed E-state index contributed by atoms with van der Waals surface area (Å²) < 4.78 is 4.80. The number of rotatable bonds is 2. The summed E-state index contributed by atoms with van der Waals surface area (Å²) in [6, 6.07) is 9.79. The first-order valence-corrected chi connectivity index (χ1v) is 5.99. The van der Waals surface area contributed by atoms with Gasteiger partial charge in [-0.25, -0.2) is 4.79 Å². The Bertz CT molecular complexity index is 586. The van der Waals surface area contributed by atoms with Crippen LogP contribution in [0, 0.1) is 11.3 Å². The third-order valence-corrected chi connectivity index (χ3v) is 3.30. The van der Waals surface area contributed by atoms with Gasteiger partial charge in [0.2, 0.25) is 0 Å². The summed E-state index contributed by atoms with van der Waals surface area (Å²) in [5.41, 5.74) is 0.711. The van der Waals surface area contributed by atoms with E-state index in [4.69, 9.17) is 4.74 Å². The molecule has 0 saturated carbocycles. The minimum atomic E-state index is -1.04. The van der Waals surface area contributed by atoms with E-state index in [2.05, 4.69) is 12.6 Å². The molecule has 1 aromatic rings. The topological polar surface area (TPSA) is 53.3 Å². The van der Waals surface area contributed by atoms with E-state index in [1.54, 1.807) is 12.3 Å². The monoisotopic (exact) mass is 254 g/mol. The van der Waals surface area contributed by atoms with Crippen LogP contribution < -0.4 is 0 Å². The molecule has 0 N–H and O–H groups in total. The van der Waals surface area contributed by atoms with Gasteiger partial charge >= 0.3 is 6.09 Å². The molecule has 0 unspecified atom stereocenters. The van der Waals surface area contributed by atoms with Gasteiger partial charge in [-0.05, 0) is 23.6 Å². The number of hydrogen-bond acceptors (Lipinski definition) is 3. The third-order valence-electron chi connectivity index (χ3n) is 3.30.